The molecule has 0 aliphatic heterocycles. The fraction of sp³-hybridized carbons (Fsp3) is 0.875. The summed E-state index contributed by atoms with van der Waals surface area (Å²) in [5.74, 6) is 1.33. The third kappa shape index (κ3) is 1.24. The largest absolute Gasteiger partial charge is 0.392 e. The smallest absolute Gasteiger partial charge is 0.0658 e. The monoisotopic (exact) mass is 234 g/mol. The van der Waals surface area contributed by atoms with E-state index < -0.39 is 0 Å². The van der Waals surface area contributed by atoms with Gasteiger partial charge in [0.2, 0.25) is 0 Å². The summed E-state index contributed by atoms with van der Waals surface area (Å²) in [4.78, 5) is 0. The van der Waals surface area contributed by atoms with Gasteiger partial charge >= 0.3 is 0 Å². The van der Waals surface area contributed by atoms with E-state index in [2.05, 4.69) is 27.7 Å². The summed E-state index contributed by atoms with van der Waals surface area (Å²) >= 11 is 0. The highest BCUT2D eigenvalue weighted by Crippen LogP contribution is 2.68. The molecule has 3 aliphatic carbocycles. The Hall–Kier alpha value is -0.300. The molecule has 1 unspecified atom stereocenters. The summed E-state index contributed by atoms with van der Waals surface area (Å²) in [6.07, 6.45) is 6.30. The number of allylic oxidation sites excluding steroid dienone is 2. The molecule has 17 heavy (non-hydrogen) atoms. The van der Waals surface area contributed by atoms with E-state index in [1.54, 1.807) is 5.57 Å². The molecule has 3 rings (SSSR count). The first kappa shape index (κ1) is 11.8. The number of rotatable bonds is 0. The van der Waals surface area contributed by atoms with Crippen LogP contribution in [0.1, 0.15) is 59.8 Å². The Bertz CT molecular complexity index is 351. The molecule has 3 saturated carbocycles. The van der Waals surface area contributed by atoms with Gasteiger partial charge in [-0.2, -0.15) is 0 Å². The molecule has 4 bridgehead atoms. The summed E-state index contributed by atoms with van der Waals surface area (Å²) in [6.45, 7) is 9.26. The number of aliphatic hydroxyl groups excluding tert-OH is 1. The normalized spacial score (nSPS) is 52.8. The van der Waals surface area contributed by atoms with Crippen molar-refractivity contribution >= 4 is 0 Å². The van der Waals surface area contributed by atoms with Crippen molar-refractivity contribution in [3.63, 3.8) is 0 Å². The maximum Gasteiger partial charge on any atom is 0.0658 e. The number of fused-ring (bicyclic) bond motifs is 6. The van der Waals surface area contributed by atoms with Gasteiger partial charge < -0.3 is 5.11 Å². The minimum Gasteiger partial charge on any atom is -0.392 e. The van der Waals surface area contributed by atoms with Gasteiger partial charge in [0.15, 0.2) is 0 Å². The summed E-state index contributed by atoms with van der Waals surface area (Å²) in [6, 6.07) is 0. The Balaban J connectivity index is 2.18. The second-order valence-electron chi connectivity index (χ2n) is 7.41. The van der Waals surface area contributed by atoms with E-state index in [0.717, 1.165) is 0 Å². The lowest BCUT2D eigenvalue weighted by molar-refractivity contribution is -0.141. The van der Waals surface area contributed by atoms with Crippen LogP contribution in [0.3, 0.4) is 0 Å². The molecule has 0 saturated heterocycles. The van der Waals surface area contributed by atoms with E-state index in [4.69, 9.17) is 0 Å². The average molecular weight is 234 g/mol. The maximum atomic E-state index is 10.9. The molecule has 0 aromatic heterocycles. The maximum absolute atomic E-state index is 10.9. The second-order valence-corrected chi connectivity index (χ2v) is 7.41. The Morgan fingerprint density at radius 3 is 1.94 bits per heavy atom. The molecule has 1 N–H and O–H groups in total. The van der Waals surface area contributed by atoms with Crippen LogP contribution in [0.15, 0.2) is 11.1 Å². The molecule has 0 heterocycles. The third-order valence-corrected chi connectivity index (χ3v) is 6.34. The van der Waals surface area contributed by atoms with Crippen LogP contribution >= 0.6 is 0 Å². The van der Waals surface area contributed by atoms with Crippen LogP contribution in [0.2, 0.25) is 0 Å². The zero-order chi connectivity index (χ0) is 12.4. The Labute approximate surface area is 105 Å². The zero-order valence-corrected chi connectivity index (χ0v) is 11.7. The summed E-state index contributed by atoms with van der Waals surface area (Å²) in [5.41, 5.74) is 3.57. The SMILES string of the molecule is CC(C)=C1[C@H]2CC[C@@H]1[C@@]1(C)CCC[C@]2(C)C1O. The lowest BCUT2D eigenvalue weighted by atomic mass is 9.48. The number of aliphatic hydroxyl groups is 1. The van der Waals surface area contributed by atoms with Crippen molar-refractivity contribution in [1.29, 1.82) is 0 Å². The van der Waals surface area contributed by atoms with Crippen molar-refractivity contribution < 1.29 is 5.11 Å². The molecule has 5 atom stereocenters. The lowest BCUT2D eigenvalue weighted by Gasteiger charge is -2.59. The van der Waals surface area contributed by atoms with Gasteiger partial charge in [-0.15, -0.1) is 0 Å². The van der Waals surface area contributed by atoms with Gasteiger partial charge in [0.1, 0.15) is 0 Å². The van der Waals surface area contributed by atoms with Crippen LogP contribution in [0.25, 0.3) is 0 Å². The molecule has 3 aliphatic rings. The molecule has 0 aromatic rings. The highest BCUT2D eigenvalue weighted by Gasteiger charge is 2.63. The summed E-state index contributed by atoms with van der Waals surface area (Å²) in [5, 5.41) is 10.9. The van der Waals surface area contributed by atoms with E-state index in [9.17, 15) is 5.11 Å². The molecule has 0 aromatic carbocycles. The molecule has 0 amide bonds. The van der Waals surface area contributed by atoms with Gasteiger partial charge in [0.05, 0.1) is 6.10 Å². The van der Waals surface area contributed by atoms with Crippen LogP contribution in [0.5, 0.6) is 0 Å². The van der Waals surface area contributed by atoms with E-state index >= 15 is 0 Å². The fourth-order valence-electron chi connectivity index (χ4n) is 5.56. The third-order valence-electron chi connectivity index (χ3n) is 6.34. The molecule has 0 spiro atoms. The molecule has 0 radical (unpaired) electrons. The molecule has 1 nitrogen and oxygen atoms in total. The van der Waals surface area contributed by atoms with Crippen molar-refractivity contribution in [1.82, 2.24) is 0 Å². The van der Waals surface area contributed by atoms with Gasteiger partial charge in [-0.1, -0.05) is 31.4 Å². The van der Waals surface area contributed by atoms with Gasteiger partial charge in [0.25, 0.3) is 0 Å². The van der Waals surface area contributed by atoms with Crippen molar-refractivity contribution in [3.05, 3.63) is 11.1 Å². The van der Waals surface area contributed by atoms with Gasteiger partial charge in [-0.25, -0.2) is 0 Å². The Morgan fingerprint density at radius 1 is 1.06 bits per heavy atom. The first-order valence-electron chi connectivity index (χ1n) is 7.26. The van der Waals surface area contributed by atoms with Crippen LogP contribution in [-0.2, 0) is 0 Å². The first-order valence-corrected chi connectivity index (χ1v) is 7.26. The van der Waals surface area contributed by atoms with Gasteiger partial charge in [0, 0.05) is 10.8 Å². The number of hydrogen-bond donors (Lipinski definition) is 1. The zero-order valence-electron chi connectivity index (χ0n) is 11.7. The average Bonchev–Trinajstić information content (AvgIpc) is 2.68. The molecule has 3 fully saturated rings. The van der Waals surface area contributed by atoms with Crippen molar-refractivity contribution in [2.45, 2.75) is 65.9 Å². The van der Waals surface area contributed by atoms with Crippen LogP contribution in [-0.4, -0.2) is 11.2 Å². The Morgan fingerprint density at radius 2 is 1.53 bits per heavy atom. The fourth-order valence-corrected chi connectivity index (χ4v) is 5.56. The molecule has 96 valence electrons. The minimum absolute atomic E-state index is 0.0793. The summed E-state index contributed by atoms with van der Waals surface area (Å²) < 4.78 is 0. The van der Waals surface area contributed by atoms with Crippen molar-refractivity contribution in [2.24, 2.45) is 22.7 Å². The molecular formula is C16H26O. The van der Waals surface area contributed by atoms with E-state index in [1.165, 1.54) is 37.7 Å². The minimum atomic E-state index is -0.0793. The molecular weight excluding hydrogens is 208 g/mol. The van der Waals surface area contributed by atoms with E-state index in [0.29, 0.717) is 11.8 Å². The molecule has 1 heteroatoms. The highest BCUT2D eigenvalue weighted by atomic mass is 16.3. The first-order chi connectivity index (χ1) is 7.91. The lowest BCUT2D eigenvalue weighted by Crippen LogP contribution is -2.57. The Kier molecular flexibility index (Phi) is 2.34. The number of hydrogen-bond acceptors (Lipinski definition) is 1. The highest BCUT2D eigenvalue weighted by molar-refractivity contribution is 5.32. The quantitative estimate of drug-likeness (QED) is 0.630. The van der Waals surface area contributed by atoms with E-state index in [1.807, 2.05) is 0 Å². The van der Waals surface area contributed by atoms with E-state index in [-0.39, 0.29) is 16.9 Å². The van der Waals surface area contributed by atoms with Crippen molar-refractivity contribution in [3.8, 4) is 0 Å². The van der Waals surface area contributed by atoms with Gasteiger partial charge in [-0.05, 0) is 51.4 Å². The van der Waals surface area contributed by atoms with Gasteiger partial charge in [-0.3, -0.25) is 0 Å². The van der Waals surface area contributed by atoms with Crippen molar-refractivity contribution in [2.75, 3.05) is 0 Å². The standard InChI is InChI=1S/C16H26O/c1-10(2)13-11-6-7-12(13)16(4)9-5-8-15(11,3)14(16)17/h11-12,14,17H,5-9H2,1-4H3/t11-,12+,14?,15+,16-. The van der Waals surface area contributed by atoms with Crippen LogP contribution in [0.4, 0.5) is 0 Å². The predicted octanol–water partition coefficient (Wildman–Crippen LogP) is 3.92. The summed E-state index contributed by atoms with van der Waals surface area (Å²) in [7, 11) is 0. The van der Waals surface area contributed by atoms with Crippen LogP contribution < -0.4 is 0 Å². The topological polar surface area (TPSA) is 20.2 Å². The second kappa shape index (κ2) is 3.38. The van der Waals surface area contributed by atoms with Crippen LogP contribution in [0, 0.1) is 22.7 Å². The predicted molar refractivity (Wildman–Crippen MR) is 70.7 cm³/mol.